The molecule has 0 saturated carbocycles. The van der Waals surface area contributed by atoms with Crippen LogP contribution in [0.1, 0.15) is 47.0 Å². The van der Waals surface area contributed by atoms with Crippen LogP contribution in [0.4, 0.5) is 10.6 Å². The summed E-state index contributed by atoms with van der Waals surface area (Å²) in [6.45, 7) is 9.46. The molecule has 1 fully saturated rings. The van der Waals surface area contributed by atoms with Crippen LogP contribution in [0.15, 0.2) is 33.0 Å². The van der Waals surface area contributed by atoms with Gasteiger partial charge in [-0.2, -0.15) is 4.79 Å². The molecule has 1 aromatic carbocycles. The van der Waals surface area contributed by atoms with Crippen molar-refractivity contribution in [1.29, 1.82) is 0 Å². The Kier molecular flexibility index (Phi) is 8.83. The molecule has 2 N–H and O–H groups in total. The smallest absolute Gasteiger partial charge is 0.454 e. The highest BCUT2D eigenvalue weighted by Crippen LogP contribution is 2.43. The second-order valence-corrected chi connectivity index (χ2v) is 14.3. The molecule has 2 aromatic heterocycles. The summed E-state index contributed by atoms with van der Waals surface area (Å²) in [5.41, 5.74) is 6.81. The Morgan fingerprint density at radius 1 is 1.19 bits per heavy atom. The number of nitrogens with two attached hydrogens (primary N) is 1. The number of halogens is 1. The highest BCUT2D eigenvalue weighted by Gasteiger charge is 2.43. The van der Waals surface area contributed by atoms with Gasteiger partial charge in [0.1, 0.15) is 11.9 Å². The molecule has 2 amide bonds. The molecule has 3 aromatic rings. The van der Waals surface area contributed by atoms with Crippen molar-refractivity contribution in [3.05, 3.63) is 22.9 Å². The number of fused-ring (bicyclic) bond motifs is 2. The Labute approximate surface area is 264 Å². The molecule has 0 spiro atoms. The van der Waals surface area contributed by atoms with Crippen molar-refractivity contribution in [3.63, 3.8) is 0 Å². The number of rotatable bonds is 7. The quantitative estimate of drug-likeness (QED) is 0.338. The molecule has 0 unspecified atom stereocenters. The van der Waals surface area contributed by atoms with Crippen molar-refractivity contribution in [2.24, 2.45) is 5.92 Å². The van der Waals surface area contributed by atoms with Crippen molar-refractivity contribution >= 4 is 56.7 Å². The standard InChI is InChI=1S/C29H39BrN7O5S/c1-17(37(5,6)28(39)42-29(2,3)4)26(38)35-10-7-18(8-11-35)9-12-36-25-23(24(31)32-15-33-25)34-27(36)43-22-14-21-20(13-19(22)30)40-16-41-21/h13-15,17-18H,7-12,16H2,1-6H3,(H2,31,32,33)/q+1/t17-/m1/s1. The van der Waals surface area contributed by atoms with Gasteiger partial charge in [-0.15, -0.1) is 0 Å². The van der Waals surface area contributed by atoms with E-state index in [1.165, 1.54) is 18.1 Å². The number of likely N-dealkylation sites (N-methyl/N-ethyl adjacent to an activating group) is 1. The van der Waals surface area contributed by atoms with Crippen molar-refractivity contribution in [2.75, 3.05) is 39.7 Å². The number of nitrogen functional groups attached to an aromatic ring is 1. The van der Waals surface area contributed by atoms with Gasteiger partial charge in [-0.25, -0.2) is 19.4 Å². The summed E-state index contributed by atoms with van der Waals surface area (Å²) in [4.78, 5) is 42.5. The summed E-state index contributed by atoms with van der Waals surface area (Å²) in [5, 5.41) is 0.755. The number of nitrogens with zero attached hydrogens (tertiary/aromatic N) is 6. The van der Waals surface area contributed by atoms with Gasteiger partial charge in [0, 0.05) is 29.0 Å². The number of ether oxygens (including phenoxy) is 3. The average Bonchev–Trinajstić information content (AvgIpc) is 3.55. The van der Waals surface area contributed by atoms with E-state index in [4.69, 9.17) is 24.9 Å². The summed E-state index contributed by atoms with van der Waals surface area (Å²) in [6.07, 6.45) is 3.68. The van der Waals surface area contributed by atoms with Crippen LogP contribution in [-0.2, 0) is 16.1 Å². The maximum absolute atomic E-state index is 13.4. The highest BCUT2D eigenvalue weighted by molar-refractivity contribution is 9.10. The number of aryl methyl sites for hydroxylation is 1. The molecule has 2 aliphatic rings. The van der Waals surface area contributed by atoms with Crippen molar-refractivity contribution in [3.8, 4) is 11.5 Å². The fourth-order valence-electron chi connectivity index (χ4n) is 5.12. The van der Waals surface area contributed by atoms with Crippen molar-refractivity contribution in [1.82, 2.24) is 24.4 Å². The molecule has 5 rings (SSSR count). The lowest BCUT2D eigenvalue weighted by Gasteiger charge is -2.38. The van der Waals surface area contributed by atoms with E-state index < -0.39 is 17.7 Å². The van der Waals surface area contributed by atoms with E-state index in [0.717, 1.165) is 33.8 Å². The zero-order chi connectivity index (χ0) is 31.1. The number of carbonyl (C=O) groups is 2. The van der Waals surface area contributed by atoms with E-state index in [1.807, 2.05) is 37.8 Å². The molecule has 43 heavy (non-hydrogen) atoms. The van der Waals surface area contributed by atoms with E-state index in [-0.39, 0.29) is 17.2 Å². The van der Waals surface area contributed by atoms with E-state index in [9.17, 15) is 9.59 Å². The Bertz CT molecular complexity index is 1530. The molecule has 0 aliphatic carbocycles. The monoisotopic (exact) mass is 676 g/mol. The van der Waals surface area contributed by atoms with Crippen LogP contribution in [0.2, 0.25) is 0 Å². The van der Waals surface area contributed by atoms with Gasteiger partial charge in [0.05, 0.1) is 14.1 Å². The summed E-state index contributed by atoms with van der Waals surface area (Å²) < 4.78 is 19.5. The van der Waals surface area contributed by atoms with Crippen molar-refractivity contribution in [2.45, 2.75) is 75.2 Å². The van der Waals surface area contributed by atoms with Crippen molar-refractivity contribution < 1.29 is 28.3 Å². The molecular weight excluding hydrogens is 638 g/mol. The van der Waals surface area contributed by atoms with E-state index in [1.54, 1.807) is 21.0 Å². The van der Waals surface area contributed by atoms with Crippen LogP contribution in [-0.4, -0.2) is 86.5 Å². The van der Waals surface area contributed by atoms with Gasteiger partial charge in [0.25, 0.3) is 5.91 Å². The number of hydrogen-bond donors (Lipinski definition) is 1. The predicted octanol–water partition coefficient (Wildman–Crippen LogP) is 5.08. The molecule has 14 heteroatoms. The Morgan fingerprint density at radius 3 is 2.53 bits per heavy atom. The van der Waals surface area contributed by atoms with E-state index in [0.29, 0.717) is 54.0 Å². The second-order valence-electron chi connectivity index (χ2n) is 12.5. The average molecular weight is 678 g/mol. The summed E-state index contributed by atoms with van der Waals surface area (Å²) >= 11 is 5.14. The zero-order valence-electron chi connectivity index (χ0n) is 25.4. The van der Waals surface area contributed by atoms with Crippen LogP contribution < -0.4 is 15.2 Å². The van der Waals surface area contributed by atoms with Crippen LogP contribution in [0, 0.1) is 5.92 Å². The number of quaternary nitrogens is 1. The number of carbonyl (C=O) groups excluding carboxylic acids is 2. The van der Waals surface area contributed by atoms with Crippen LogP contribution in [0.5, 0.6) is 11.5 Å². The number of aromatic nitrogens is 4. The molecule has 1 saturated heterocycles. The largest absolute Gasteiger partial charge is 0.516 e. The first-order valence-electron chi connectivity index (χ1n) is 14.3. The maximum atomic E-state index is 13.4. The second kappa shape index (κ2) is 12.1. The summed E-state index contributed by atoms with van der Waals surface area (Å²) in [7, 11) is 3.46. The number of benzene rings is 1. The molecule has 0 radical (unpaired) electrons. The first-order chi connectivity index (χ1) is 20.2. The fraction of sp³-hybridized carbons (Fsp3) is 0.552. The Balaban J connectivity index is 1.25. The zero-order valence-corrected chi connectivity index (χ0v) is 27.8. The Hall–Kier alpha value is -3.10. The normalized spacial score (nSPS) is 16.5. The minimum absolute atomic E-state index is 0.0323. The van der Waals surface area contributed by atoms with Gasteiger partial charge in [0.2, 0.25) is 6.79 Å². The summed E-state index contributed by atoms with van der Waals surface area (Å²) in [5.74, 6) is 2.11. The third kappa shape index (κ3) is 6.70. The van der Waals surface area contributed by atoms with E-state index in [2.05, 4.69) is 30.5 Å². The predicted molar refractivity (Wildman–Crippen MR) is 166 cm³/mol. The fourth-order valence-corrected chi connectivity index (χ4v) is 6.63. The summed E-state index contributed by atoms with van der Waals surface area (Å²) in [6, 6.07) is 3.28. The van der Waals surface area contributed by atoms with Gasteiger partial charge in [-0.1, -0.05) is 11.8 Å². The van der Waals surface area contributed by atoms with Gasteiger partial charge >= 0.3 is 6.09 Å². The lowest BCUT2D eigenvalue weighted by atomic mass is 9.93. The number of likely N-dealkylation sites (tertiary alicyclic amines) is 1. The van der Waals surface area contributed by atoms with Crippen LogP contribution in [0.25, 0.3) is 11.2 Å². The third-order valence-electron chi connectivity index (χ3n) is 8.03. The van der Waals surface area contributed by atoms with Crippen LogP contribution in [0.3, 0.4) is 0 Å². The third-order valence-corrected chi connectivity index (χ3v) is 10.0. The topological polar surface area (TPSA) is 135 Å². The van der Waals surface area contributed by atoms with Gasteiger partial charge in [0.15, 0.2) is 39.7 Å². The number of imidazole rings is 1. The molecule has 232 valence electrons. The van der Waals surface area contributed by atoms with Gasteiger partial charge < -0.3 is 29.4 Å². The first kappa shape index (κ1) is 31.3. The minimum atomic E-state index is -0.620. The molecule has 12 nitrogen and oxygen atoms in total. The molecular formula is C29H39BrN7O5S+. The number of anilines is 1. The minimum Gasteiger partial charge on any atom is -0.454 e. The van der Waals surface area contributed by atoms with Gasteiger partial charge in [-0.05, 0) is 80.9 Å². The molecule has 1 atom stereocenters. The highest BCUT2D eigenvalue weighted by atomic mass is 79.9. The number of piperidine rings is 1. The molecule has 0 bridgehead atoms. The first-order valence-corrected chi connectivity index (χ1v) is 15.9. The number of hydrogen-bond acceptors (Lipinski definition) is 10. The molecule has 2 aliphatic heterocycles. The lowest BCUT2D eigenvalue weighted by molar-refractivity contribution is -0.833. The SMILES string of the molecule is C[C@H](C(=O)N1CCC(CCn2c(Sc3cc4c(cc3Br)OCO4)nc3c(N)ncnc32)CC1)[N+](C)(C)C(=O)OC(C)(C)C. The maximum Gasteiger partial charge on any atom is 0.516 e. The Morgan fingerprint density at radius 2 is 1.86 bits per heavy atom. The molecule has 4 heterocycles. The van der Waals surface area contributed by atoms with Crippen LogP contribution >= 0.6 is 27.7 Å². The van der Waals surface area contributed by atoms with Gasteiger partial charge in [-0.3, -0.25) is 4.79 Å². The lowest BCUT2D eigenvalue weighted by Crippen LogP contribution is -2.60. The van der Waals surface area contributed by atoms with E-state index >= 15 is 0 Å². The number of amides is 2.